The molecule has 0 aromatic heterocycles. The van der Waals surface area contributed by atoms with Crippen LogP contribution in [0, 0.1) is 0 Å². The van der Waals surface area contributed by atoms with E-state index in [9.17, 15) is 44.0 Å². The first-order chi connectivity index (χ1) is 20.9. The van der Waals surface area contributed by atoms with E-state index in [-0.39, 0.29) is 50.0 Å². The zero-order valence-electron chi connectivity index (χ0n) is 22.3. The van der Waals surface area contributed by atoms with Gasteiger partial charge in [0.25, 0.3) is 30.4 Å². The van der Waals surface area contributed by atoms with Crippen LogP contribution in [-0.2, 0) is 30.4 Å². The van der Waals surface area contributed by atoms with Gasteiger partial charge in [-0.1, -0.05) is 12.1 Å². The van der Waals surface area contributed by atoms with Crippen molar-refractivity contribution in [1.29, 1.82) is 0 Å². The van der Waals surface area contributed by atoms with E-state index in [4.69, 9.17) is 11.5 Å². The lowest BCUT2D eigenvalue weighted by molar-refractivity contribution is 0.472. The molecule has 16 nitrogen and oxygen atoms in total. The first-order valence-corrected chi connectivity index (χ1v) is 16.5. The summed E-state index contributed by atoms with van der Waals surface area (Å²) >= 11 is 0. The van der Waals surface area contributed by atoms with E-state index >= 15 is 0 Å². The number of aromatic hydroxyl groups is 1. The molecule has 0 aliphatic rings. The van der Waals surface area contributed by atoms with Gasteiger partial charge in [-0.05, 0) is 66.0 Å². The number of benzene rings is 5. The minimum Gasteiger partial charge on any atom is -0.505 e. The molecular formula is C26H19N6O10S3. The number of nitrogens with one attached hydrogen (secondary N) is 1. The molecule has 19 heteroatoms. The van der Waals surface area contributed by atoms with Crippen LogP contribution < -0.4 is 11.5 Å². The highest BCUT2D eigenvalue weighted by molar-refractivity contribution is 7.86. The van der Waals surface area contributed by atoms with Crippen LogP contribution in [0.15, 0.2) is 108 Å². The smallest absolute Gasteiger partial charge is 0.296 e. The average molecular weight is 672 g/mol. The Morgan fingerprint density at radius 2 is 1.20 bits per heavy atom. The Morgan fingerprint density at radius 1 is 0.578 bits per heavy atom. The molecule has 0 bridgehead atoms. The topological polar surface area (TPSA) is 283 Å². The lowest BCUT2D eigenvalue weighted by Crippen LogP contribution is -1.99. The van der Waals surface area contributed by atoms with Gasteiger partial charge >= 0.3 is 0 Å². The fraction of sp³-hybridized carbons (Fsp3) is 0. The quantitative estimate of drug-likeness (QED) is 0.0786. The third kappa shape index (κ3) is 6.43. The number of rotatable bonds is 7. The van der Waals surface area contributed by atoms with Crippen molar-refractivity contribution in [3.8, 4) is 5.75 Å². The van der Waals surface area contributed by atoms with Crippen LogP contribution in [0.2, 0.25) is 0 Å². The van der Waals surface area contributed by atoms with Crippen molar-refractivity contribution >= 4 is 86.0 Å². The summed E-state index contributed by atoms with van der Waals surface area (Å²) in [7, 11) is -14.4. The fourth-order valence-electron chi connectivity index (χ4n) is 4.31. The highest BCUT2D eigenvalue weighted by Crippen LogP contribution is 2.43. The maximum atomic E-state index is 12.2. The number of phenolic OH excluding ortho intramolecular Hbond substituents is 1. The van der Waals surface area contributed by atoms with Gasteiger partial charge in [-0.2, -0.15) is 25.3 Å². The Labute approximate surface area is 254 Å². The molecule has 0 saturated heterocycles. The van der Waals surface area contributed by atoms with Gasteiger partial charge in [-0.25, -0.2) is 0 Å². The number of anilines is 1. The summed E-state index contributed by atoms with van der Waals surface area (Å²) in [5.74, 6) is -0.719. The Hall–Kier alpha value is -5.05. The van der Waals surface area contributed by atoms with Crippen molar-refractivity contribution in [2.24, 2.45) is 20.5 Å². The summed E-state index contributed by atoms with van der Waals surface area (Å²) in [5, 5.41) is 26.9. The standard InChI is InChI=1S/C26H19N6O10S3/c27-14-2-1-13-9-24(45(40,41)42)25(26(33)18(13)10-14)32-30-21-7-6-20(17-5-4-16(12-19(17)21)43(34,35)36)29-31-22-11-15(28)3-8-23(22)44(37,38)39/h1-12,27,33H,28H2,(H,34,35,36)(H,37,38,39)(H,40,41,42)/b31-29+,32-30+. The second kappa shape index (κ2) is 11.1. The number of nitrogens with zero attached hydrogens (tertiary/aromatic N) is 4. The van der Waals surface area contributed by atoms with E-state index < -0.39 is 56.5 Å². The van der Waals surface area contributed by atoms with Crippen LogP contribution in [0.5, 0.6) is 5.75 Å². The van der Waals surface area contributed by atoms with Crippen molar-refractivity contribution in [1.82, 2.24) is 5.73 Å². The highest BCUT2D eigenvalue weighted by Gasteiger charge is 2.23. The number of hydrogen-bond donors (Lipinski definition) is 5. The van der Waals surface area contributed by atoms with Crippen LogP contribution in [0.4, 0.5) is 34.1 Å². The van der Waals surface area contributed by atoms with Crippen LogP contribution in [0.25, 0.3) is 21.5 Å². The molecule has 7 N–H and O–H groups in total. The molecule has 231 valence electrons. The molecule has 0 aliphatic heterocycles. The third-order valence-electron chi connectivity index (χ3n) is 6.35. The summed E-state index contributed by atoms with van der Waals surface area (Å²) in [6.07, 6.45) is 0. The summed E-state index contributed by atoms with van der Waals surface area (Å²) in [6.45, 7) is 0. The summed E-state index contributed by atoms with van der Waals surface area (Å²) in [5.41, 5.74) is 12.5. The predicted octanol–water partition coefficient (Wildman–Crippen LogP) is 5.77. The van der Waals surface area contributed by atoms with E-state index in [1.165, 1.54) is 42.5 Å². The fourth-order valence-corrected chi connectivity index (χ4v) is 6.08. The summed E-state index contributed by atoms with van der Waals surface area (Å²) in [6, 6.07) is 14.1. The number of azo groups is 2. The second-order valence-corrected chi connectivity index (χ2v) is 13.6. The van der Waals surface area contributed by atoms with Gasteiger partial charge < -0.3 is 16.6 Å². The molecule has 0 saturated carbocycles. The molecule has 0 atom stereocenters. The molecule has 1 radical (unpaired) electrons. The Balaban J connectivity index is 1.72. The molecule has 0 aliphatic carbocycles. The Kier molecular flexibility index (Phi) is 7.77. The molecule has 0 fully saturated rings. The zero-order chi connectivity index (χ0) is 32.9. The maximum Gasteiger partial charge on any atom is 0.296 e. The van der Waals surface area contributed by atoms with Crippen molar-refractivity contribution in [2.45, 2.75) is 14.7 Å². The van der Waals surface area contributed by atoms with Gasteiger partial charge in [0.05, 0.1) is 22.0 Å². The van der Waals surface area contributed by atoms with Crippen molar-refractivity contribution in [2.75, 3.05) is 5.73 Å². The van der Waals surface area contributed by atoms with Gasteiger partial charge in [0.15, 0.2) is 5.75 Å². The highest BCUT2D eigenvalue weighted by atomic mass is 32.2. The SMILES string of the molecule is [NH]c1ccc2cc(S(=O)(=O)O)c(/N=N/c3ccc(/N=N/c4cc(N)ccc4S(=O)(=O)O)c4ccc(S(=O)(=O)O)cc34)c(O)c2c1. The van der Waals surface area contributed by atoms with Gasteiger partial charge in [0.1, 0.15) is 21.2 Å². The minimum absolute atomic E-state index is 0.0179. The molecule has 5 aromatic carbocycles. The van der Waals surface area contributed by atoms with E-state index in [2.05, 4.69) is 20.5 Å². The number of nitrogens with two attached hydrogens (primary N) is 1. The van der Waals surface area contributed by atoms with Gasteiger partial charge in [0.2, 0.25) is 0 Å². The second-order valence-electron chi connectivity index (χ2n) is 9.37. The predicted molar refractivity (Wildman–Crippen MR) is 161 cm³/mol. The van der Waals surface area contributed by atoms with Gasteiger partial charge in [-0.15, -0.1) is 20.5 Å². The average Bonchev–Trinajstić information content (AvgIpc) is 2.94. The largest absolute Gasteiger partial charge is 0.505 e. The molecular weight excluding hydrogens is 653 g/mol. The lowest BCUT2D eigenvalue weighted by Gasteiger charge is -2.10. The summed E-state index contributed by atoms with van der Waals surface area (Å²) in [4.78, 5) is -1.97. The van der Waals surface area contributed by atoms with Crippen LogP contribution in [0.3, 0.4) is 0 Å². The summed E-state index contributed by atoms with van der Waals surface area (Å²) < 4.78 is 101. The number of fused-ring (bicyclic) bond motifs is 2. The maximum absolute atomic E-state index is 12.2. The minimum atomic E-state index is -4.96. The Morgan fingerprint density at radius 3 is 1.84 bits per heavy atom. The first kappa shape index (κ1) is 31.4. The molecule has 0 amide bonds. The molecule has 0 heterocycles. The third-order valence-corrected chi connectivity index (χ3v) is 8.97. The van der Waals surface area contributed by atoms with E-state index in [0.29, 0.717) is 0 Å². The Bertz CT molecular complexity index is 2450. The number of phenols is 1. The molecule has 0 unspecified atom stereocenters. The molecule has 0 spiro atoms. The van der Waals surface area contributed by atoms with E-state index in [0.717, 1.165) is 30.3 Å². The molecule has 5 aromatic rings. The van der Waals surface area contributed by atoms with E-state index in [1.807, 2.05) is 0 Å². The zero-order valence-corrected chi connectivity index (χ0v) is 24.7. The molecule has 45 heavy (non-hydrogen) atoms. The van der Waals surface area contributed by atoms with Gasteiger partial charge in [-0.3, -0.25) is 13.7 Å². The lowest BCUT2D eigenvalue weighted by atomic mass is 10.1. The van der Waals surface area contributed by atoms with Gasteiger partial charge in [0, 0.05) is 21.8 Å². The molecule has 5 rings (SSSR count). The van der Waals surface area contributed by atoms with Crippen molar-refractivity contribution < 1.29 is 44.0 Å². The van der Waals surface area contributed by atoms with Crippen LogP contribution >= 0.6 is 0 Å². The normalized spacial score (nSPS) is 13.0. The van der Waals surface area contributed by atoms with Crippen molar-refractivity contribution in [3.63, 3.8) is 0 Å². The first-order valence-electron chi connectivity index (χ1n) is 12.2. The number of nitrogen functional groups attached to an aromatic ring is 1. The van der Waals surface area contributed by atoms with Crippen molar-refractivity contribution in [3.05, 3.63) is 72.8 Å². The van der Waals surface area contributed by atoms with Crippen LogP contribution in [-0.4, -0.2) is 44.0 Å². The monoisotopic (exact) mass is 671 g/mol. The van der Waals surface area contributed by atoms with E-state index in [1.54, 1.807) is 0 Å². The number of hydrogen-bond acceptors (Lipinski definition) is 12. The van der Waals surface area contributed by atoms with Crippen LogP contribution in [0.1, 0.15) is 0 Å².